The van der Waals surface area contributed by atoms with Gasteiger partial charge in [0.25, 0.3) is 0 Å². The molecule has 3 rings (SSSR count). The number of aromatic nitrogens is 1. The molecule has 1 aromatic heterocycles. The van der Waals surface area contributed by atoms with Crippen molar-refractivity contribution in [3.8, 4) is 0 Å². The Morgan fingerprint density at radius 3 is 2.92 bits per heavy atom. The number of hydrogen-bond acceptors (Lipinski definition) is 5. The minimum Gasteiger partial charge on any atom is -0.302 e. The van der Waals surface area contributed by atoms with Crippen LogP contribution in [0.5, 0.6) is 0 Å². The van der Waals surface area contributed by atoms with Crippen LogP contribution in [0.2, 0.25) is 0 Å². The van der Waals surface area contributed by atoms with E-state index >= 15 is 0 Å². The molecule has 6 heteroatoms. The molecule has 0 radical (unpaired) electrons. The van der Waals surface area contributed by atoms with Gasteiger partial charge in [-0.15, -0.1) is 23.1 Å². The van der Waals surface area contributed by atoms with Gasteiger partial charge in [-0.05, 0) is 44.2 Å². The van der Waals surface area contributed by atoms with Gasteiger partial charge in [0.15, 0.2) is 5.13 Å². The van der Waals surface area contributed by atoms with Gasteiger partial charge in [0.2, 0.25) is 5.91 Å². The van der Waals surface area contributed by atoms with Crippen LogP contribution in [0.25, 0.3) is 0 Å². The Morgan fingerprint density at radius 1 is 1.35 bits per heavy atom. The van der Waals surface area contributed by atoms with Crippen molar-refractivity contribution in [2.24, 2.45) is 0 Å². The summed E-state index contributed by atoms with van der Waals surface area (Å²) in [5.74, 6) is 1.03. The van der Waals surface area contributed by atoms with E-state index in [0.717, 1.165) is 43.4 Å². The van der Waals surface area contributed by atoms with Gasteiger partial charge in [-0.25, -0.2) is 4.98 Å². The summed E-state index contributed by atoms with van der Waals surface area (Å²) in [5.41, 5.74) is 2.45. The monoisotopic (exact) mass is 389 g/mol. The van der Waals surface area contributed by atoms with Crippen molar-refractivity contribution < 1.29 is 4.79 Å². The zero-order valence-electron chi connectivity index (χ0n) is 15.6. The number of amides is 1. The molecular formula is C20H27N3OS2. The fourth-order valence-corrected chi connectivity index (χ4v) is 4.97. The topological polar surface area (TPSA) is 45.2 Å². The van der Waals surface area contributed by atoms with Crippen LogP contribution in [0.4, 0.5) is 5.13 Å². The maximum absolute atomic E-state index is 12.2. The molecule has 1 N–H and O–H groups in total. The second-order valence-electron chi connectivity index (χ2n) is 6.73. The number of thiazole rings is 1. The normalized spacial score (nSPS) is 14.2. The Balaban J connectivity index is 1.40. The summed E-state index contributed by atoms with van der Waals surface area (Å²) in [4.78, 5) is 21.9. The van der Waals surface area contributed by atoms with Crippen molar-refractivity contribution in [1.82, 2.24) is 9.88 Å². The first-order valence-corrected chi connectivity index (χ1v) is 11.1. The van der Waals surface area contributed by atoms with E-state index in [1.807, 2.05) is 0 Å². The van der Waals surface area contributed by atoms with Crippen LogP contribution in [0, 0.1) is 6.92 Å². The lowest BCUT2D eigenvalue weighted by Gasteiger charge is -2.24. The average Bonchev–Trinajstić information content (AvgIpc) is 3.02. The second kappa shape index (κ2) is 9.53. The lowest BCUT2D eigenvalue weighted by Crippen LogP contribution is -2.30. The summed E-state index contributed by atoms with van der Waals surface area (Å²) in [6.45, 7) is 7.50. The third kappa shape index (κ3) is 5.56. The summed E-state index contributed by atoms with van der Waals surface area (Å²) >= 11 is 3.45. The van der Waals surface area contributed by atoms with Crippen molar-refractivity contribution in [3.05, 3.63) is 40.4 Å². The molecule has 0 fully saturated rings. The van der Waals surface area contributed by atoms with E-state index in [9.17, 15) is 4.79 Å². The SMILES string of the molecule is CCCN1CCc2nc(NC(=O)CCCSc3ccc(C)cc3)sc2C1. The molecule has 0 aliphatic carbocycles. The Labute approximate surface area is 164 Å². The summed E-state index contributed by atoms with van der Waals surface area (Å²) < 4.78 is 0. The third-order valence-corrected chi connectivity index (χ3v) is 6.53. The van der Waals surface area contributed by atoms with Crippen molar-refractivity contribution >= 4 is 34.1 Å². The largest absolute Gasteiger partial charge is 0.302 e. The highest BCUT2D eigenvalue weighted by Gasteiger charge is 2.20. The van der Waals surface area contributed by atoms with Gasteiger partial charge in [-0.3, -0.25) is 9.69 Å². The first-order chi connectivity index (χ1) is 12.6. The predicted octanol–water partition coefficient (Wildman–Crippen LogP) is 4.73. The van der Waals surface area contributed by atoms with Crippen LogP contribution < -0.4 is 5.32 Å². The molecule has 0 unspecified atom stereocenters. The zero-order chi connectivity index (χ0) is 18.4. The zero-order valence-corrected chi connectivity index (χ0v) is 17.2. The number of nitrogens with zero attached hydrogens (tertiary/aromatic N) is 2. The molecule has 140 valence electrons. The number of benzene rings is 1. The van der Waals surface area contributed by atoms with E-state index in [4.69, 9.17) is 0 Å². The highest BCUT2D eigenvalue weighted by molar-refractivity contribution is 7.99. The lowest BCUT2D eigenvalue weighted by atomic mass is 10.2. The van der Waals surface area contributed by atoms with Gasteiger partial charge in [0, 0.05) is 35.7 Å². The number of thioether (sulfide) groups is 1. The van der Waals surface area contributed by atoms with E-state index in [1.54, 1.807) is 23.1 Å². The quantitative estimate of drug-likeness (QED) is 0.524. The van der Waals surface area contributed by atoms with Crippen LogP contribution >= 0.6 is 23.1 Å². The van der Waals surface area contributed by atoms with Crippen LogP contribution in [0.15, 0.2) is 29.2 Å². The van der Waals surface area contributed by atoms with Crippen LogP contribution in [-0.4, -0.2) is 34.6 Å². The Kier molecular flexibility index (Phi) is 7.11. The maximum atomic E-state index is 12.2. The molecule has 0 atom stereocenters. The van der Waals surface area contributed by atoms with E-state index in [0.29, 0.717) is 6.42 Å². The van der Waals surface area contributed by atoms with E-state index in [1.165, 1.54) is 27.5 Å². The number of nitrogens with one attached hydrogen (secondary N) is 1. The number of aryl methyl sites for hydroxylation is 1. The summed E-state index contributed by atoms with van der Waals surface area (Å²) in [5, 5.41) is 3.76. The first kappa shape index (κ1) is 19.4. The Bertz CT molecular complexity index is 727. The first-order valence-electron chi connectivity index (χ1n) is 9.34. The molecule has 0 saturated heterocycles. The standard InChI is InChI=1S/C20H27N3OS2/c1-3-11-23-12-10-17-18(14-23)26-20(21-17)22-19(24)5-4-13-25-16-8-6-15(2)7-9-16/h6-9H,3-5,10-14H2,1-2H3,(H,21,22,24). The van der Waals surface area contributed by atoms with Crippen LogP contribution in [0.1, 0.15) is 42.3 Å². The summed E-state index contributed by atoms with van der Waals surface area (Å²) in [6, 6.07) is 8.53. The Morgan fingerprint density at radius 2 is 2.15 bits per heavy atom. The fourth-order valence-electron chi connectivity index (χ4n) is 3.05. The van der Waals surface area contributed by atoms with Gasteiger partial charge in [0.05, 0.1) is 5.69 Å². The van der Waals surface area contributed by atoms with Crippen LogP contribution in [-0.2, 0) is 17.8 Å². The molecule has 0 spiro atoms. The molecule has 2 heterocycles. The lowest BCUT2D eigenvalue weighted by molar-refractivity contribution is -0.116. The number of carbonyl (C=O) groups excluding carboxylic acids is 1. The molecule has 1 aliphatic heterocycles. The van der Waals surface area contributed by atoms with Crippen molar-refractivity contribution in [2.45, 2.75) is 51.0 Å². The van der Waals surface area contributed by atoms with Gasteiger partial charge in [0.1, 0.15) is 0 Å². The molecule has 0 bridgehead atoms. The van der Waals surface area contributed by atoms with Crippen LogP contribution in [0.3, 0.4) is 0 Å². The molecule has 4 nitrogen and oxygen atoms in total. The number of hydrogen-bond donors (Lipinski definition) is 1. The smallest absolute Gasteiger partial charge is 0.226 e. The van der Waals surface area contributed by atoms with E-state index in [-0.39, 0.29) is 5.91 Å². The highest BCUT2D eigenvalue weighted by Crippen LogP contribution is 2.28. The average molecular weight is 390 g/mol. The molecule has 26 heavy (non-hydrogen) atoms. The van der Waals surface area contributed by atoms with Crippen molar-refractivity contribution in [3.63, 3.8) is 0 Å². The highest BCUT2D eigenvalue weighted by atomic mass is 32.2. The van der Waals surface area contributed by atoms with Gasteiger partial charge in [-0.2, -0.15) is 0 Å². The number of anilines is 1. The predicted molar refractivity (Wildman–Crippen MR) is 111 cm³/mol. The Hall–Kier alpha value is -1.37. The van der Waals surface area contributed by atoms with E-state index < -0.39 is 0 Å². The maximum Gasteiger partial charge on any atom is 0.226 e. The number of rotatable bonds is 8. The molecule has 1 amide bonds. The second-order valence-corrected chi connectivity index (χ2v) is 8.98. The third-order valence-electron chi connectivity index (χ3n) is 4.43. The molecule has 0 saturated carbocycles. The molecular weight excluding hydrogens is 362 g/mol. The van der Waals surface area contributed by atoms with Gasteiger partial charge < -0.3 is 5.32 Å². The minimum atomic E-state index is 0.0750. The molecule has 2 aromatic rings. The summed E-state index contributed by atoms with van der Waals surface area (Å²) in [7, 11) is 0. The fraction of sp³-hybridized carbons (Fsp3) is 0.500. The molecule has 1 aliphatic rings. The number of fused-ring (bicyclic) bond motifs is 1. The van der Waals surface area contributed by atoms with Crippen molar-refractivity contribution in [2.75, 3.05) is 24.2 Å². The van der Waals surface area contributed by atoms with Gasteiger partial charge in [-0.1, -0.05) is 24.6 Å². The number of carbonyl (C=O) groups is 1. The molecule has 1 aromatic carbocycles. The minimum absolute atomic E-state index is 0.0750. The van der Waals surface area contributed by atoms with E-state index in [2.05, 4.69) is 53.3 Å². The summed E-state index contributed by atoms with van der Waals surface area (Å²) in [6.07, 6.45) is 3.60. The van der Waals surface area contributed by atoms with Crippen molar-refractivity contribution in [1.29, 1.82) is 0 Å². The van der Waals surface area contributed by atoms with Gasteiger partial charge >= 0.3 is 0 Å².